The molecule has 0 aromatic carbocycles. The predicted octanol–water partition coefficient (Wildman–Crippen LogP) is -1.60. The van der Waals surface area contributed by atoms with E-state index in [0.29, 0.717) is 25.7 Å². The maximum atomic E-state index is 13.1. The van der Waals surface area contributed by atoms with Crippen LogP contribution in [0.3, 0.4) is 0 Å². The maximum Gasteiger partial charge on any atom is 0.244 e. The summed E-state index contributed by atoms with van der Waals surface area (Å²) in [4.78, 5) is 73.9. The Morgan fingerprint density at radius 3 is 1.92 bits per heavy atom. The number of nitrogens with two attached hydrogens (primary N) is 2. The number of unbranched alkanes of at least 4 members (excludes halogenated alkanes) is 1. The summed E-state index contributed by atoms with van der Waals surface area (Å²) >= 11 is 0. The highest BCUT2D eigenvalue weighted by Crippen LogP contribution is 2.27. The zero-order valence-corrected chi connectivity index (χ0v) is 21.9. The molecule has 0 bridgehead atoms. The van der Waals surface area contributed by atoms with Gasteiger partial charge in [-0.3, -0.25) is 28.8 Å². The van der Waals surface area contributed by atoms with Crippen molar-refractivity contribution in [3.05, 3.63) is 24.3 Å². The minimum absolute atomic E-state index is 0.271. The average molecular weight is 537 g/mol. The molecule has 0 radical (unpaired) electrons. The van der Waals surface area contributed by atoms with Crippen LogP contribution in [0.4, 0.5) is 0 Å². The molecule has 1 aliphatic carbocycles. The van der Waals surface area contributed by atoms with E-state index in [1.807, 2.05) is 13.0 Å². The fourth-order valence-electron chi connectivity index (χ4n) is 4.04. The first-order chi connectivity index (χ1) is 18.0. The molecule has 0 saturated heterocycles. The normalized spacial score (nSPS) is 19.8. The Kier molecular flexibility index (Phi) is 14.4. The van der Waals surface area contributed by atoms with Gasteiger partial charge in [-0.25, -0.2) is 0 Å². The Morgan fingerprint density at radius 1 is 0.842 bits per heavy atom. The second-order valence-corrected chi connectivity index (χ2v) is 9.21. The molecule has 9 N–H and O–H groups in total. The Hall–Kier alpha value is -3.74. The summed E-state index contributed by atoms with van der Waals surface area (Å²) in [6.07, 6.45) is 8.17. The molecule has 13 nitrogen and oxygen atoms in total. The van der Waals surface area contributed by atoms with E-state index in [9.17, 15) is 33.9 Å². The van der Waals surface area contributed by atoms with Gasteiger partial charge >= 0.3 is 0 Å². The van der Waals surface area contributed by atoms with Crippen LogP contribution < -0.4 is 32.7 Å². The van der Waals surface area contributed by atoms with Crippen molar-refractivity contribution < 1.29 is 33.9 Å². The van der Waals surface area contributed by atoms with Gasteiger partial charge in [-0.15, -0.1) is 0 Å². The zero-order chi connectivity index (χ0) is 28.7. The van der Waals surface area contributed by atoms with E-state index in [-0.39, 0.29) is 5.92 Å². The third kappa shape index (κ3) is 12.0. The Labute approximate surface area is 222 Å². The lowest BCUT2D eigenvalue weighted by molar-refractivity contribution is -0.136. The molecule has 212 valence electrons. The topological polar surface area (TPSA) is 223 Å². The first-order valence-electron chi connectivity index (χ1n) is 12.7. The Bertz CT molecular complexity index is 912. The number of amides is 6. The smallest absolute Gasteiger partial charge is 0.244 e. The lowest BCUT2D eigenvalue weighted by Gasteiger charge is -2.32. The summed E-state index contributed by atoms with van der Waals surface area (Å²) in [7, 11) is 1.41. The number of carbonyl (C=O) groups is 6. The van der Waals surface area contributed by atoms with E-state index in [1.54, 1.807) is 6.08 Å². The van der Waals surface area contributed by atoms with E-state index < -0.39 is 72.5 Å². The van der Waals surface area contributed by atoms with Crippen LogP contribution in [0, 0.1) is 5.92 Å². The first-order valence-corrected chi connectivity index (χ1v) is 12.7. The van der Waals surface area contributed by atoms with Crippen LogP contribution in [0.5, 0.6) is 0 Å². The van der Waals surface area contributed by atoms with Crippen LogP contribution in [0.15, 0.2) is 24.3 Å². The third-order valence-corrected chi connectivity index (χ3v) is 6.07. The molecule has 38 heavy (non-hydrogen) atoms. The van der Waals surface area contributed by atoms with Crippen LogP contribution >= 0.6 is 0 Å². The van der Waals surface area contributed by atoms with Gasteiger partial charge in [0.2, 0.25) is 35.4 Å². The van der Waals surface area contributed by atoms with Crippen LogP contribution in [-0.2, 0) is 28.8 Å². The molecule has 0 aromatic rings. The van der Waals surface area contributed by atoms with Crippen molar-refractivity contribution in [1.82, 2.24) is 21.3 Å². The molecule has 1 fully saturated rings. The fraction of sp³-hybridized carbons (Fsp3) is 0.600. The van der Waals surface area contributed by atoms with Gasteiger partial charge in [0.05, 0.1) is 18.9 Å². The fourth-order valence-corrected chi connectivity index (χ4v) is 4.04. The number of allylic oxidation sites excluding steroid dienone is 3. The molecule has 0 aliphatic heterocycles. The van der Waals surface area contributed by atoms with Gasteiger partial charge in [-0.1, -0.05) is 31.6 Å². The number of primary amides is 2. The zero-order valence-electron chi connectivity index (χ0n) is 21.9. The summed E-state index contributed by atoms with van der Waals surface area (Å²) in [6, 6.07) is -3.89. The minimum Gasteiger partial charge on any atom is -0.393 e. The molecule has 3 atom stereocenters. The molecule has 13 heteroatoms. The number of aliphatic hydroxyl groups is 1. The van der Waals surface area contributed by atoms with Gasteiger partial charge in [0, 0.05) is 13.1 Å². The van der Waals surface area contributed by atoms with Crippen LogP contribution in [0.1, 0.15) is 58.3 Å². The van der Waals surface area contributed by atoms with Crippen LogP contribution in [-0.4, -0.2) is 71.8 Å². The van der Waals surface area contributed by atoms with Crippen molar-refractivity contribution in [2.75, 3.05) is 7.05 Å². The molecular formula is C25H40N6O7. The molecule has 1 saturated carbocycles. The summed E-state index contributed by atoms with van der Waals surface area (Å²) in [6.45, 7) is 2.00. The van der Waals surface area contributed by atoms with Gasteiger partial charge in [0.15, 0.2) is 0 Å². The standard InChI is InChI=1S/C25H40N6O7/c1-3-4-5-6-7-8-21(35)29-17(13-19(26)33)23(36)30-18(14-20(27)34)24(37)31-22(25(38)28-2)15-9-11-16(32)12-10-15/h5-8,15-18,22,32H,3-4,9-14H2,1-2H3,(H2,26,33)(H2,27,34)(H,28,38)(H,29,35)(H,30,36)(H,31,37)/b6-5+,8-7+/t15?,16?,17-,18-,22+/m0/s1. The van der Waals surface area contributed by atoms with Gasteiger partial charge in [-0.2, -0.15) is 0 Å². The highest BCUT2D eigenvalue weighted by molar-refractivity contribution is 5.98. The summed E-state index contributed by atoms with van der Waals surface area (Å²) in [5.74, 6) is -4.99. The minimum atomic E-state index is -1.49. The quantitative estimate of drug-likeness (QED) is 0.0958. The molecule has 0 heterocycles. The van der Waals surface area contributed by atoms with Crippen LogP contribution in [0.2, 0.25) is 0 Å². The van der Waals surface area contributed by atoms with Crippen LogP contribution in [0.25, 0.3) is 0 Å². The maximum absolute atomic E-state index is 13.1. The molecule has 0 unspecified atom stereocenters. The first kappa shape index (κ1) is 32.3. The SMILES string of the molecule is CCC/C=C/C=C/C(=O)N[C@@H](CC(N)=O)C(=O)N[C@@H](CC(N)=O)C(=O)N[C@@H](C(=O)NC)C1CCC(O)CC1. The number of hydrogen-bond donors (Lipinski definition) is 7. The van der Waals surface area contributed by atoms with E-state index in [2.05, 4.69) is 21.3 Å². The molecule has 1 rings (SSSR count). The highest BCUT2D eigenvalue weighted by atomic mass is 16.3. The number of aliphatic hydroxyl groups excluding tert-OH is 1. The summed E-state index contributed by atoms with van der Waals surface area (Å²) in [5.41, 5.74) is 10.5. The van der Waals surface area contributed by atoms with Crippen molar-refractivity contribution in [3.63, 3.8) is 0 Å². The predicted molar refractivity (Wildman–Crippen MR) is 139 cm³/mol. The number of carbonyl (C=O) groups excluding carboxylic acids is 6. The molecule has 0 spiro atoms. The van der Waals surface area contributed by atoms with Crippen molar-refractivity contribution >= 4 is 35.4 Å². The third-order valence-electron chi connectivity index (χ3n) is 6.07. The van der Waals surface area contributed by atoms with E-state index >= 15 is 0 Å². The summed E-state index contributed by atoms with van der Waals surface area (Å²) < 4.78 is 0. The number of nitrogens with one attached hydrogen (secondary N) is 4. The lowest BCUT2D eigenvalue weighted by Crippen LogP contribution is -2.59. The lowest BCUT2D eigenvalue weighted by atomic mass is 9.82. The Balaban J connectivity index is 3.00. The molecule has 0 aromatic heterocycles. The number of hydrogen-bond acceptors (Lipinski definition) is 7. The molecular weight excluding hydrogens is 496 g/mol. The van der Waals surface area contributed by atoms with E-state index in [0.717, 1.165) is 18.9 Å². The van der Waals surface area contributed by atoms with Crippen molar-refractivity contribution in [3.8, 4) is 0 Å². The van der Waals surface area contributed by atoms with Gasteiger partial charge in [-0.05, 0) is 38.0 Å². The van der Waals surface area contributed by atoms with Crippen molar-refractivity contribution in [2.24, 2.45) is 17.4 Å². The van der Waals surface area contributed by atoms with Crippen molar-refractivity contribution in [1.29, 1.82) is 0 Å². The van der Waals surface area contributed by atoms with Crippen molar-refractivity contribution in [2.45, 2.75) is 82.5 Å². The Morgan fingerprint density at radius 2 is 1.39 bits per heavy atom. The largest absolute Gasteiger partial charge is 0.393 e. The second-order valence-electron chi connectivity index (χ2n) is 9.21. The van der Waals surface area contributed by atoms with Gasteiger partial charge in [0.1, 0.15) is 18.1 Å². The monoisotopic (exact) mass is 536 g/mol. The average Bonchev–Trinajstić information content (AvgIpc) is 2.85. The highest BCUT2D eigenvalue weighted by Gasteiger charge is 2.35. The second kappa shape index (κ2) is 16.9. The van der Waals surface area contributed by atoms with E-state index in [1.165, 1.54) is 13.1 Å². The van der Waals surface area contributed by atoms with Gasteiger partial charge < -0.3 is 37.8 Å². The number of likely N-dealkylation sites (N-methyl/N-ethyl adjacent to an activating group) is 1. The molecule has 6 amide bonds. The number of rotatable bonds is 15. The summed E-state index contributed by atoms with van der Waals surface area (Å²) in [5, 5.41) is 19.5. The van der Waals surface area contributed by atoms with Gasteiger partial charge in [0.25, 0.3) is 0 Å². The van der Waals surface area contributed by atoms with E-state index in [4.69, 9.17) is 11.5 Å². The molecule has 1 aliphatic rings.